The maximum Gasteiger partial charge on any atom is 0.279 e. The van der Waals surface area contributed by atoms with Gasteiger partial charge in [-0.1, -0.05) is 0 Å². The highest BCUT2D eigenvalue weighted by molar-refractivity contribution is 5.97. The number of carbonyl (C=O) groups excluding carboxylic acids is 2. The fraction of sp³-hybridized carbons (Fsp3) is 0.222. The van der Waals surface area contributed by atoms with E-state index in [9.17, 15) is 9.59 Å². The van der Waals surface area contributed by atoms with Crippen LogP contribution in [0.4, 0.5) is 0 Å². The zero-order valence-electron chi connectivity index (χ0n) is 14.9. The Balaban J connectivity index is 1.52. The van der Waals surface area contributed by atoms with Crippen LogP contribution < -0.4 is 20.3 Å². The minimum absolute atomic E-state index is 0.284. The predicted molar refractivity (Wildman–Crippen MR) is 97.2 cm³/mol. The minimum Gasteiger partial charge on any atom is -0.494 e. The van der Waals surface area contributed by atoms with Gasteiger partial charge in [0, 0.05) is 6.20 Å². The van der Waals surface area contributed by atoms with Crippen LogP contribution in [-0.2, 0) is 4.79 Å². The summed E-state index contributed by atoms with van der Waals surface area (Å²) in [4.78, 5) is 35.2. The van der Waals surface area contributed by atoms with Crippen LogP contribution in [0.25, 0.3) is 11.2 Å². The van der Waals surface area contributed by atoms with Crippen LogP contribution in [0.5, 0.6) is 11.5 Å². The molecule has 2 amide bonds. The summed E-state index contributed by atoms with van der Waals surface area (Å²) in [5.41, 5.74) is 6.09. The molecule has 0 bridgehead atoms. The summed E-state index contributed by atoms with van der Waals surface area (Å²) in [6, 6.07) is 8.52. The first-order chi connectivity index (χ1) is 13.1. The Morgan fingerprint density at radius 3 is 2.63 bits per heavy atom. The van der Waals surface area contributed by atoms with Crippen molar-refractivity contribution in [3.05, 3.63) is 48.4 Å². The number of aromatic amines is 1. The third kappa shape index (κ3) is 4.51. The van der Waals surface area contributed by atoms with Gasteiger partial charge in [0.15, 0.2) is 11.8 Å². The maximum absolute atomic E-state index is 12.1. The number of nitrogens with one attached hydrogen (secondary N) is 3. The molecule has 9 heteroatoms. The normalized spacial score (nSPS) is 11.6. The second-order valence-corrected chi connectivity index (χ2v) is 5.61. The third-order valence-electron chi connectivity index (χ3n) is 3.65. The molecule has 27 heavy (non-hydrogen) atoms. The Hall–Kier alpha value is -3.62. The molecule has 3 rings (SSSR count). The highest BCUT2D eigenvalue weighted by Crippen LogP contribution is 2.18. The van der Waals surface area contributed by atoms with E-state index in [4.69, 9.17) is 9.47 Å². The predicted octanol–water partition coefficient (Wildman–Crippen LogP) is 1.59. The molecule has 2 aromatic heterocycles. The van der Waals surface area contributed by atoms with Crippen molar-refractivity contribution < 1.29 is 19.1 Å². The number of imidazole rings is 1. The maximum atomic E-state index is 12.1. The van der Waals surface area contributed by atoms with Crippen LogP contribution in [-0.4, -0.2) is 39.5 Å². The molecule has 0 saturated heterocycles. The van der Waals surface area contributed by atoms with E-state index in [0.29, 0.717) is 23.5 Å². The van der Waals surface area contributed by atoms with Crippen molar-refractivity contribution in [1.29, 1.82) is 0 Å². The standard InChI is InChI=1S/C18H19N5O4/c1-3-26-13-4-6-14(7-5-13)27-11(2)17(24)22-23-18(25)12-8-15-16(19-9-12)21-10-20-15/h4-11H,3H2,1-2H3,(H,22,24)(H,23,25)(H,19,20,21)/t11-/m1/s1. The molecule has 1 atom stereocenters. The van der Waals surface area contributed by atoms with Gasteiger partial charge in [0.05, 0.1) is 24.0 Å². The van der Waals surface area contributed by atoms with Crippen molar-refractivity contribution in [3.8, 4) is 11.5 Å². The number of benzene rings is 1. The molecular weight excluding hydrogens is 350 g/mol. The SMILES string of the molecule is CCOc1ccc(O[C@H](C)C(=O)NNC(=O)c2cnc3nc[nH]c3c2)cc1. The van der Waals surface area contributed by atoms with Gasteiger partial charge in [0.2, 0.25) is 0 Å². The Morgan fingerprint density at radius 2 is 1.89 bits per heavy atom. The van der Waals surface area contributed by atoms with Crippen molar-refractivity contribution >= 4 is 23.0 Å². The van der Waals surface area contributed by atoms with E-state index in [2.05, 4.69) is 25.8 Å². The second kappa shape index (κ2) is 8.17. The molecule has 0 spiro atoms. The zero-order valence-corrected chi connectivity index (χ0v) is 14.9. The minimum atomic E-state index is -0.809. The summed E-state index contributed by atoms with van der Waals surface area (Å²) in [7, 11) is 0. The van der Waals surface area contributed by atoms with Gasteiger partial charge in [-0.05, 0) is 44.2 Å². The quantitative estimate of drug-likeness (QED) is 0.568. The summed E-state index contributed by atoms with van der Waals surface area (Å²) in [6.45, 7) is 4.05. The number of nitrogens with zero attached hydrogens (tertiary/aromatic N) is 2. The van der Waals surface area contributed by atoms with Crippen molar-refractivity contribution in [1.82, 2.24) is 25.8 Å². The molecule has 0 aliphatic carbocycles. The lowest BCUT2D eigenvalue weighted by Gasteiger charge is -2.15. The molecule has 0 fully saturated rings. The molecule has 3 N–H and O–H groups in total. The molecule has 3 aromatic rings. The van der Waals surface area contributed by atoms with E-state index in [1.54, 1.807) is 37.3 Å². The van der Waals surface area contributed by atoms with Crippen molar-refractivity contribution in [2.24, 2.45) is 0 Å². The number of carbonyl (C=O) groups is 2. The molecule has 2 heterocycles. The van der Waals surface area contributed by atoms with E-state index in [1.165, 1.54) is 12.5 Å². The van der Waals surface area contributed by atoms with E-state index in [0.717, 1.165) is 5.75 Å². The van der Waals surface area contributed by atoms with Crippen LogP contribution in [0.15, 0.2) is 42.9 Å². The molecule has 0 aliphatic rings. The van der Waals surface area contributed by atoms with Crippen LogP contribution >= 0.6 is 0 Å². The Labute approximate surface area is 155 Å². The highest BCUT2D eigenvalue weighted by atomic mass is 16.5. The number of hydrazine groups is 1. The van der Waals surface area contributed by atoms with Crippen LogP contribution in [0, 0.1) is 0 Å². The van der Waals surface area contributed by atoms with Gasteiger partial charge in [-0.25, -0.2) is 9.97 Å². The number of rotatable bonds is 6. The number of H-pyrrole nitrogens is 1. The van der Waals surface area contributed by atoms with Crippen molar-refractivity contribution in [2.75, 3.05) is 6.61 Å². The van der Waals surface area contributed by atoms with Gasteiger partial charge in [0.1, 0.15) is 11.5 Å². The Bertz CT molecular complexity index is 938. The lowest BCUT2D eigenvalue weighted by atomic mass is 10.2. The van der Waals surface area contributed by atoms with Crippen LogP contribution in [0.3, 0.4) is 0 Å². The lowest BCUT2D eigenvalue weighted by molar-refractivity contribution is -0.128. The van der Waals surface area contributed by atoms with E-state index in [-0.39, 0.29) is 5.56 Å². The molecule has 0 unspecified atom stereocenters. The first kappa shape index (κ1) is 18.2. The summed E-state index contributed by atoms with van der Waals surface area (Å²) < 4.78 is 10.9. The number of aromatic nitrogens is 3. The summed E-state index contributed by atoms with van der Waals surface area (Å²) in [5.74, 6) is 0.242. The number of pyridine rings is 1. The molecular formula is C18H19N5O4. The molecule has 9 nitrogen and oxygen atoms in total. The van der Waals surface area contributed by atoms with Gasteiger partial charge in [-0.15, -0.1) is 0 Å². The highest BCUT2D eigenvalue weighted by Gasteiger charge is 2.16. The van der Waals surface area contributed by atoms with Gasteiger partial charge >= 0.3 is 0 Å². The average molecular weight is 369 g/mol. The van der Waals surface area contributed by atoms with E-state index < -0.39 is 17.9 Å². The van der Waals surface area contributed by atoms with Gasteiger partial charge in [-0.2, -0.15) is 0 Å². The number of amides is 2. The fourth-order valence-corrected chi connectivity index (χ4v) is 2.28. The molecule has 140 valence electrons. The topological polar surface area (TPSA) is 118 Å². The number of fused-ring (bicyclic) bond motifs is 1. The molecule has 0 aliphatic heterocycles. The number of hydrogen-bond donors (Lipinski definition) is 3. The van der Waals surface area contributed by atoms with E-state index in [1.807, 2.05) is 6.92 Å². The van der Waals surface area contributed by atoms with E-state index >= 15 is 0 Å². The average Bonchev–Trinajstić information content (AvgIpc) is 3.15. The van der Waals surface area contributed by atoms with Crippen LogP contribution in [0.1, 0.15) is 24.2 Å². The number of ether oxygens (including phenoxy) is 2. The fourth-order valence-electron chi connectivity index (χ4n) is 2.28. The molecule has 1 aromatic carbocycles. The Kier molecular flexibility index (Phi) is 5.50. The first-order valence-electron chi connectivity index (χ1n) is 8.35. The smallest absolute Gasteiger partial charge is 0.279 e. The summed E-state index contributed by atoms with van der Waals surface area (Å²) in [5, 5.41) is 0. The largest absolute Gasteiger partial charge is 0.494 e. The molecule has 0 saturated carbocycles. The van der Waals surface area contributed by atoms with Gasteiger partial charge in [-0.3, -0.25) is 20.4 Å². The summed E-state index contributed by atoms with van der Waals surface area (Å²) >= 11 is 0. The second-order valence-electron chi connectivity index (χ2n) is 5.61. The lowest BCUT2D eigenvalue weighted by Crippen LogP contribution is -2.47. The zero-order chi connectivity index (χ0) is 19.2. The number of hydrogen-bond acceptors (Lipinski definition) is 6. The van der Waals surface area contributed by atoms with Crippen molar-refractivity contribution in [3.63, 3.8) is 0 Å². The summed E-state index contributed by atoms with van der Waals surface area (Å²) in [6.07, 6.45) is 2.06. The van der Waals surface area contributed by atoms with Gasteiger partial charge < -0.3 is 14.5 Å². The van der Waals surface area contributed by atoms with Crippen LogP contribution in [0.2, 0.25) is 0 Å². The molecule has 0 radical (unpaired) electrons. The Morgan fingerprint density at radius 1 is 1.15 bits per heavy atom. The first-order valence-corrected chi connectivity index (χ1v) is 8.35. The van der Waals surface area contributed by atoms with Gasteiger partial charge in [0.25, 0.3) is 11.8 Å². The van der Waals surface area contributed by atoms with Crippen molar-refractivity contribution in [2.45, 2.75) is 20.0 Å². The monoisotopic (exact) mass is 369 g/mol. The third-order valence-corrected chi connectivity index (χ3v) is 3.65.